The number of carboxylic acid groups (broad SMARTS) is 1. The molecule has 1 saturated heterocycles. The van der Waals surface area contributed by atoms with E-state index in [9.17, 15) is 19.5 Å². The van der Waals surface area contributed by atoms with Gasteiger partial charge < -0.3 is 23.9 Å². The van der Waals surface area contributed by atoms with Gasteiger partial charge in [0.1, 0.15) is 17.1 Å². The summed E-state index contributed by atoms with van der Waals surface area (Å²) in [4.78, 5) is 38.0. The topological polar surface area (TPSA) is 106 Å². The number of fused-ring (bicyclic) bond motifs is 1. The van der Waals surface area contributed by atoms with Gasteiger partial charge in [-0.2, -0.15) is 0 Å². The first-order chi connectivity index (χ1) is 13.3. The van der Waals surface area contributed by atoms with Gasteiger partial charge in [-0.3, -0.25) is 9.59 Å². The number of aliphatic carboxylic acids is 1. The number of benzene rings is 1. The second kappa shape index (κ2) is 7.92. The predicted octanol–water partition coefficient (Wildman–Crippen LogP) is 1.98. The lowest BCUT2D eigenvalue weighted by Crippen LogP contribution is -2.43. The van der Waals surface area contributed by atoms with Crippen LogP contribution >= 0.6 is 0 Å². The van der Waals surface area contributed by atoms with Gasteiger partial charge in [0.05, 0.1) is 37.5 Å². The number of hydrogen-bond donors (Lipinski definition) is 1. The molecule has 1 aromatic heterocycles. The van der Waals surface area contributed by atoms with E-state index < -0.39 is 17.5 Å². The Morgan fingerprint density at radius 1 is 1.29 bits per heavy atom. The van der Waals surface area contributed by atoms with E-state index in [1.54, 1.807) is 19.1 Å². The van der Waals surface area contributed by atoms with Gasteiger partial charge in [-0.15, -0.1) is 0 Å². The lowest BCUT2D eigenvalue weighted by Gasteiger charge is -2.30. The smallest absolute Gasteiger partial charge is 0.340 e. The molecule has 1 amide bonds. The van der Waals surface area contributed by atoms with Crippen LogP contribution < -0.4 is 15.1 Å². The number of amides is 1. The highest BCUT2D eigenvalue weighted by Crippen LogP contribution is 2.34. The van der Waals surface area contributed by atoms with Gasteiger partial charge in [-0.25, -0.2) is 4.79 Å². The normalized spacial score (nSPS) is 16.8. The number of ether oxygens (including phenoxy) is 2. The molecule has 1 aromatic carbocycles. The Balaban J connectivity index is 1.96. The highest BCUT2D eigenvalue weighted by atomic mass is 16.5. The Morgan fingerprint density at radius 3 is 2.68 bits per heavy atom. The molecule has 1 aliphatic heterocycles. The van der Waals surface area contributed by atoms with Crippen LogP contribution in [0.5, 0.6) is 11.5 Å². The highest BCUT2D eigenvalue weighted by molar-refractivity contribution is 5.90. The van der Waals surface area contributed by atoms with Crippen molar-refractivity contribution in [3.8, 4) is 11.5 Å². The van der Waals surface area contributed by atoms with Crippen molar-refractivity contribution in [2.24, 2.45) is 5.92 Å². The number of carbonyl (C=O) groups is 2. The Labute approximate surface area is 161 Å². The molecule has 0 radical (unpaired) electrons. The number of piperidine rings is 1. The van der Waals surface area contributed by atoms with E-state index in [-0.39, 0.29) is 24.4 Å². The summed E-state index contributed by atoms with van der Waals surface area (Å²) in [5.41, 5.74) is 0.573. The summed E-state index contributed by atoms with van der Waals surface area (Å²) >= 11 is 0. The van der Waals surface area contributed by atoms with Gasteiger partial charge in [0.25, 0.3) is 0 Å². The molecule has 0 bridgehead atoms. The molecule has 2 aromatic rings. The number of carbonyl (C=O) groups excluding carboxylic acids is 1. The number of nitrogens with zero attached hydrogens (tertiary/aromatic N) is 1. The monoisotopic (exact) mass is 389 g/mol. The van der Waals surface area contributed by atoms with Gasteiger partial charge in [0.2, 0.25) is 5.91 Å². The molecule has 8 nitrogen and oxygen atoms in total. The summed E-state index contributed by atoms with van der Waals surface area (Å²) in [7, 11) is 3.00. The van der Waals surface area contributed by atoms with Crippen molar-refractivity contribution in [2.45, 2.75) is 26.2 Å². The lowest BCUT2D eigenvalue weighted by atomic mass is 9.97. The van der Waals surface area contributed by atoms with Gasteiger partial charge in [-0.1, -0.05) is 0 Å². The molecule has 1 fully saturated rings. The minimum absolute atomic E-state index is 0.147. The molecule has 2 heterocycles. The molecule has 1 N–H and O–H groups in total. The fraction of sp³-hybridized carbons (Fsp3) is 0.450. The zero-order valence-electron chi connectivity index (χ0n) is 16.1. The van der Waals surface area contributed by atoms with Crippen LogP contribution in [0.2, 0.25) is 0 Å². The molecule has 1 aliphatic rings. The van der Waals surface area contributed by atoms with E-state index in [0.717, 1.165) is 0 Å². The summed E-state index contributed by atoms with van der Waals surface area (Å²) in [5, 5.41) is 9.81. The van der Waals surface area contributed by atoms with Crippen molar-refractivity contribution in [1.82, 2.24) is 4.90 Å². The SMILES string of the molecule is COc1cc(OC)c2c(C)c(CC(=O)N3CCCC(C(=O)O)C3)c(=O)oc2c1. The first-order valence-corrected chi connectivity index (χ1v) is 9.04. The third-order valence-electron chi connectivity index (χ3n) is 5.22. The van der Waals surface area contributed by atoms with Crippen LogP contribution in [-0.4, -0.2) is 49.2 Å². The Bertz CT molecular complexity index is 979. The van der Waals surface area contributed by atoms with Crippen LogP contribution in [0, 0.1) is 12.8 Å². The zero-order valence-corrected chi connectivity index (χ0v) is 16.1. The molecule has 150 valence electrons. The van der Waals surface area contributed by atoms with Crippen molar-refractivity contribution >= 4 is 22.8 Å². The van der Waals surface area contributed by atoms with Gasteiger partial charge in [0.15, 0.2) is 0 Å². The number of methoxy groups -OCH3 is 2. The summed E-state index contributed by atoms with van der Waals surface area (Å²) in [6.45, 7) is 2.39. The third-order valence-corrected chi connectivity index (χ3v) is 5.22. The average molecular weight is 389 g/mol. The van der Waals surface area contributed by atoms with Crippen molar-refractivity contribution in [3.05, 3.63) is 33.7 Å². The Kier molecular flexibility index (Phi) is 5.58. The molecule has 1 atom stereocenters. The predicted molar refractivity (Wildman–Crippen MR) is 101 cm³/mol. The molecule has 0 aliphatic carbocycles. The van der Waals surface area contributed by atoms with E-state index in [0.29, 0.717) is 47.4 Å². The van der Waals surface area contributed by atoms with Gasteiger partial charge in [-0.05, 0) is 25.3 Å². The summed E-state index contributed by atoms with van der Waals surface area (Å²) < 4.78 is 16.0. The Hall–Kier alpha value is -3.03. The number of likely N-dealkylation sites (tertiary alicyclic amines) is 1. The van der Waals surface area contributed by atoms with Crippen LogP contribution in [0.15, 0.2) is 21.3 Å². The molecular formula is C20H23NO7. The number of aryl methyl sites for hydroxylation is 1. The standard InChI is InChI=1S/C20H23NO7/c1-11-14(9-17(22)21-6-4-5-12(10-21)19(23)24)20(25)28-16-8-13(26-2)7-15(27-3)18(11)16/h7-8,12H,4-6,9-10H2,1-3H3,(H,23,24). The minimum atomic E-state index is -0.905. The van der Waals surface area contributed by atoms with Crippen molar-refractivity contribution in [1.29, 1.82) is 0 Å². The van der Waals surface area contributed by atoms with Crippen molar-refractivity contribution in [2.75, 3.05) is 27.3 Å². The molecule has 28 heavy (non-hydrogen) atoms. The third kappa shape index (κ3) is 3.67. The van der Waals surface area contributed by atoms with Crippen LogP contribution in [0.25, 0.3) is 11.0 Å². The molecule has 1 unspecified atom stereocenters. The fourth-order valence-electron chi connectivity index (χ4n) is 3.63. The fourth-order valence-corrected chi connectivity index (χ4v) is 3.63. The van der Waals surface area contributed by atoms with Gasteiger partial charge in [0, 0.05) is 25.2 Å². The second-order valence-corrected chi connectivity index (χ2v) is 6.89. The number of hydrogen-bond acceptors (Lipinski definition) is 6. The minimum Gasteiger partial charge on any atom is -0.496 e. The largest absolute Gasteiger partial charge is 0.496 e. The van der Waals surface area contributed by atoms with E-state index in [4.69, 9.17) is 13.9 Å². The quantitative estimate of drug-likeness (QED) is 0.780. The lowest BCUT2D eigenvalue weighted by molar-refractivity contribution is -0.145. The second-order valence-electron chi connectivity index (χ2n) is 6.89. The zero-order chi connectivity index (χ0) is 20.4. The Morgan fingerprint density at radius 2 is 2.04 bits per heavy atom. The summed E-state index contributed by atoms with van der Waals surface area (Å²) in [5.74, 6) is -0.790. The van der Waals surface area contributed by atoms with E-state index in [1.165, 1.54) is 19.1 Å². The molecular weight excluding hydrogens is 366 g/mol. The summed E-state index contributed by atoms with van der Waals surface area (Å²) in [6.07, 6.45) is 1.03. The van der Waals surface area contributed by atoms with Crippen molar-refractivity contribution in [3.63, 3.8) is 0 Å². The maximum absolute atomic E-state index is 12.7. The van der Waals surface area contributed by atoms with E-state index in [2.05, 4.69) is 0 Å². The number of rotatable bonds is 5. The van der Waals surface area contributed by atoms with E-state index >= 15 is 0 Å². The van der Waals surface area contributed by atoms with Crippen molar-refractivity contribution < 1.29 is 28.6 Å². The van der Waals surface area contributed by atoms with Crippen LogP contribution in [0.4, 0.5) is 0 Å². The molecule has 8 heteroatoms. The summed E-state index contributed by atoms with van der Waals surface area (Å²) in [6, 6.07) is 3.28. The molecule has 3 rings (SSSR count). The first-order valence-electron chi connectivity index (χ1n) is 9.04. The van der Waals surface area contributed by atoms with Crippen LogP contribution in [0.1, 0.15) is 24.0 Å². The van der Waals surface area contributed by atoms with Crippen LogP contribution in [-0.2, 0) is 16.0 Å². The number of carboxylic acids is 1. The highest BCUT2D eigenvalue weighted by Gasteiger charge is 2.29. The van der Waals surface area contributed by atoms with Gasteiger partial charge >= 0.3 is 11.6 Å². The average Bonchev–Trinajstić information content (AvgIpc) is 2.69. The maximum Gasteiger partial charge on any atom is 0.340 e. The maximum atomic E-state index is 12.7. The first kappa shape index (κ1) is 19.7. The van der Waals surface area contributed by atoms with E-state index in [1.807, 2.05) is 0 Å². The van der Waals surface area contributed by atoms with Crippen LogP contribution in [0.3, 0.4) is 0 Å². The molecule has 0 saturated carbocycles. The molecule has 0 spiro atoms.